The third-order valence-corrected chi connectivity index (χ3v) is 5.24. The van der Waals surface area contributed by atoms with Crippen LogP contribution in [0.5, 0.6) is 0 Å². The van der Waals surface area contributed by atoms with Crippen LogP contribution in [0.3, 0.4) is 0 Å². The molecule has 2 aromatic rings. The van der Waals surface area contributed by atoms with Gasteiger partial charge in [0.25, 0.3) is 10.0 Å². The van der Waals surface area contributed by atoms with E-state index in [1.165, 1.54) is 20.2 Å². The Morgan fingerprint density at radius 2 is 1.92 bits per heavy atom. The second-order valence-electron chi connectivity index (χ2n) is 5.74. The Kier molecular flexibility index (Phi) is 6.23. The molecule has 0 saturated heterocycles. The van der Waals surface area contributed by atoms with Gasteiger partial charge in [0.15, 0.2) is 0 Å². The van der Waals surface area contributed by atoms with Crippen LogP contribution in [0.15, 0.2) is 45.9 Å². The second-order valence-corrected chi connectivity index (χ2v) is 8.26. The Bertz CT molecular complexity index is 849. The first-order valence-electron chi connectivity index (χ1n) is 7.43. The number of nitrogens with zero attached hydrogens (tertiary/aromatic N) is 2. The van der Waals surface area contributed by atoms with Gasteiger partial charge in [-0.15, -0.1) is 0 Å². The summed E-state index contributed by atoms with van der Waals surface area (Å²) in [5.41, 5.74) is 0.614. The largest absolute Gasteiger partial charge is 0.447 e. The summed E-state index contributed by atoms with van der Waals surface area (Å²) in [7, 11) is 1.00. The average Bonchev–Trinajstić information content (AvgIpc) is 2.95. The zero-order valence-corrected chi connectivity index (χ0v) is 15.8. The first-order valence-corrected chi connectivity index (χ1v) is 9.25. The maximum Gasteiger partial charge on any atom is 0.275 e. The summed E-state index contributed by atoms with van der Waals surface area (Å²) >= 11 is 5.88. The molecule has 1 N–H and O–H groups in total. The van der Waals surface area contributed by atoms with Crippen molar-refractivity contribution in [3.63, 3.8) is 0 Å². The van der Waals surface area contributed by atoms with E-state index in [-0.39, 0.29) is 17.5 Å². The molecule has 136 valence electrons. The highest BCUT2D eigenvalue weighted by Crippen LogP contribution is 2.18. The van der Waals surface area contributed by atoms with E-state index >= 15 is 0 Å². The number of benzene rings is 1. The summed E-state index contributed by atoms with van der Waals surface area (Å²) in [5.74, 6) is 0.246. The number of sulfonamides is 1. The van der Waals surface area contributed by atoms with Gasteiger partial charge < -0.3 is 9.73 Å². The van der Waals surface area contributed by atoms with Crippen molar-refractivity contribution in [1.29, 1.82) is 0 Å². The van der Waals surface area contributed by atoms with Gasteiger partial charge in [-0.25, -0.2) is 12.7 Å². The third kappa shape index (κ3) is 5.30. The van der Waals surface area contributed by atoms with Gasteiger partial charge in [-0.1, -0.05) is 17.7 Å². The minimum atomic E-state index is -3.60. The normalized spacial score (nSPS) is 11.9. The topological polar surface area (TPSA) is 82.9 Å². The van der Waals surface area contributed by atoms with Crippen molar-refractivity contribution in [2.75, 3.05) is 33.0 Å². The van der Waals surface area contributed by atoms with Crippen LogP contribution in [0.1, 0.15) is 5.76 Å². The third-order valence-electron chi connectivity index (χ3n) is 3.32. The molecule has 1 heterocycles. The standard InChI is InChI=1S/C16H20ClN3O4S/c1-19(2)25(22,23)16-8-7-14(24-16)10-20(3)11-15(21)18-13-6-4-5-12(17)9-13/h4-9H,10-11H2,1-3H3,(H,18,21). The van der Waals surface area contributed by atoms with Crippen LogP contribution in [0.2, 0.25) is 5.02 Å². The number of nitrogens with one attached hydrogen (secondary N) is 1. The molecule has 0 unspecified atom stereocenters. The molecule has 9 heteroatoms. The van der Waals surface area contributed by atoms with Crippen LogP contribution in [0, 0.1) is 0 Å². The quantitative estimate of drug-likeness (QED) is 0.790. The molecule has 1 aromatic heterocycles. The highest BCUT2D eigenvalue weighted by atomic mass is 35.5. The van der Waals surface area contributed by atoms with Crippen molar-refractivity contribution in [1.82, 2.24) is 9.21 Å². The van der Waals surface area contributed by atoms with Crippen LogP contribution in [0.25, 0.3) is 0 Å². The molecular weight excluding hydrogens is 366 g/mol. The van der Waals surface area contributed by atoms with E-state index in [9.17, 15) is 13.2 Å². The molecule has 0 fully saturated rings. The van der Waals surface area contributed by atoms with E-state index in [4.69, 9.17) is 16.0 Å². The molecule has 0 atom stereocenters. The fraction of sp³-hybridized carbons (Fsp3) is 0.312. The number of furan rings is 1. The number of rotatable bonds is 7. The lowest BCUT2D eigenvalue weighted by Crippen LogP contribution is -2.29. The number of amides is 1. The molecule has 0 aliphatic carbocycles. The zero-order chi connectivity index (χ0) is 18.6. The fourth-order valence-corrected chi connectivity index (χ4v) is 3.10. The smallest absolute Gasteiger partial charge is 0.275 e. The lowest BCUT2D eigenvalue weighted by molar-refractivity contribution is -0.117. The monoisotopic (exact) mass is 385 g/mol. The summed E-state index contributed by atoms with van der Waals surface area (Å²) in [4.78, 5) is 13.8. The van der Waals surface area contributed by atoms with Crippen molar-refractivity contribution >= 4 is 33.2 Å². The number of halogens is 1. The minimum Gasteiger partial charge on any atom is -0.447 e. The van der Waals surface area contributed by atoms with Crippen molar-refractivity contribution < 1.29 is 17.6 Å². The van der Waals surface area contributed by atoms with Gasteiger partial charge in [-0.05, 0) is 37.4 Å². The van der Waals surface area contributed by atoms with Gasteiger partial charge in [0.1, 0.15) is 5.76 Å². The van der Waals surface area contributed by atoms with Crippen molar-refractivity contribution in [2.24, 2.45) is 0 Å². The molecule has 0 aliphatic heterocycles. The van der Waals surface area contributed by atoms with Gasteiger partial charge >= 0.3 is 0 Å². The molecular formula is C16H20ClN3O4S. The summed E-state index contributed by atoms with van der Waals surface area (Å²) in [5, 5.41) is 3.16. The van der Waals surface area contributed by atoms with Gasteiger partial charge in [0, 0.05) is 24.8 Å². The number of carbonyl (C=O) groups excluding carboxylic acids is 1. The predicted octanol–water partition coefficient (Wildman–Crippen LogP) is 2.25. The maximum absolute atomic E-state index is 12.0. The zero-order valence-electron chi connectivity index (χ0n) is 14.2. The summed E-state index contributed by atoms with van der Waals surface area (Å²) in [6, 6.07) is 9.86. The van der Waals surface area contributed by atoms with Crippen molar-refractivity contribution in [3.05, 3.63) is 47.2 Å². The van der Waals surface area contributed by atoms with E-state index < -0.39 is 10.0 Å². The number of carbonyl (C=O) groups is 1. The van der Waals surface area contributed by atoms with Crippen LogP contribution < -0.4 is 5.32 Å². The first-order chi connectivity index (χ1) is 11.7. The molecule has 25 heavy (non-hydrogen) atoms. The summed E-state index contributed by atoms with van der Waals surface area (Å²) < 4.78 is 30.4. The molecule has 7 nitrogen and oxygen atoms in total. The fourth-order valence-electron chi connectivity index (χ4n) is 2.10. The number of likely N-dealkylation sites (N-methyl/N-ethyl adjacent to an activating group) is 1. The average molecular weight is 386 g/mol. The van der Waals surface area contributed by atoms with E-state index in [1.807, 2.05) is 0 Å². The van der Waals surface area contributed by atoms with E-state index in [2.05, 4.69) is 5.32 Å². The molecule has 2 rings (SSSR count). The molecule has 0 bridgehead atoms. The molecule has 1 amide bonds. The molecule has 0 saturated carbocycles. The van der Waals surface area contributed by atoms with Crippen LogP contribution in [-0.4, -0.2) is 51.2 Å². The van der Waals surface area contributed by atoms with Crippen molar-refractivity contribution in [2.45, 2.75) is 11.6 Å². The summed E-state index contributed by atoms with van der Waals surface area (Å²) in [6.45, 7) is 0.412. The number of hydrogen-bond acceptors (Lipinski definition) is 5. The predicted molar refractivity (Wildman–Crippen MR) is 96.0 cm³/mol. The van der Waals surface area contributed by atoms with Crippen molar-refractivity contribution in [3.8, 4) is 0 Å². The number of hydrogen-bond donors (Lipinski definition) is 1. The highest BCUT2D eigenvalue weighted by molar-refractivity contribution is 7.88. The highest BCUT2D eigenvalue weighted by Gasteiger charge is 2.22. The lowest BCUT2D eigenvalue weighted by Gasteiger charge is -2.15. The van der Waals surface area contributed by atoms with E-state index in [1.54, 1.807) is 42.3 Å². The number of anilines is 1. The Morgan fingerprint density at radius 1 is 1.20 bits per heavy atom. The Morgan fingerprint density at radius 3 is 2.56 bits per heavy atom. The molecule has 0 spiro atoms. The van der Waals surface area contributed by atoms with Crippen LogP contribution >= 0.6 is 11.6 Å². The molecule has 0 aliphatic rings. The second kappa shape index (κ2) is 8.01. The summed E-state index contributed by atoms with van der Waals surface area (Å²) in [6.07, 6.45) is 0. The first kappa shape index (κ1) is 19.5. The maximum atomic E-state index is 12.0. The SMILES string of the molecule is CN(CC(=O)Nc1cccc(Cl)c1)Cc1ccc(S(=O)(=O)N(C)C)o1. The van der Waals surface area contributed by atoms with Gasteiger partial charge in [0.05, 0.1) is 13.1 Å². The minimum absolute atomic E-state index is 0.114. The van der Waals surface area contributed by atoms with Crippen LogP contribution in [0.4, 0.5) is 5.69 Å². The van der Waals surface area contributed by atoms with Gasteiger partial charge in [0.2, 0.25) is 11.0 Å². The molecule has 0 radical (unpaired) electrons. The van der Waals surface area contributed by atoms with Gasteiger partial charge in [-0.2, -0.15) is 0 Å². The Labute approximate surface area is 152 Å². The van der Waals surface area contributed by atoms with E-state index in [0.29, 0.717) is 23.0 Å². The lowest BCUT2D eigenvalue weighted by atomic mass is 10.3. The van der Waals surface area contributed by atoms with Gasteiger partial charge in [-0.3, -0.25) is 9.69 Å². The Balaban J connectivity index is 1.93. The Hall–Kier alpha value is -1.87. The molecule has 1 aromatic carbocycles. The van der Waals surface area contributed by atoms with Crippen LogP contribution in [-0.2, 0) is 21.4 Å². The van der Waals surface area contributed by atoms with E-state index in [0.717, 1.165) is 4.31 Å².